The molecule has 1 rings (SSSR count). The molecule has 0 aromatic heterocycles. The van der Waals surface area contributed by atoms with Crippen LogP contribution in [-0.2, 0) is 0 Å². The summed E-state index contributed by atoms with van der Waals surface area (Å²) in [4.78, 5) is 0. The van der Waals surface area contributed by atoms with Gasteiger partial charge in [-0.05, 0) is 24.6 Å². The summed E-state index contributed by atoms with van der Waals surface area (Å²) in [7, 11) is 0. The van der Waals surface area contributed by atoms with Gasteiger partial charge in [-0.1, -0.05) is 12.1 Å². The number of rotatable bonds is 5. The molecule has 0 fully saturated rings. The van der Waals surface area contributed by atoms with Crippen LogP contribution in [0.5, 0.6) is 5.75 Å². The Kier molecular flexibility index (Phi) is 4.40. The minimum absolute atomic E-state index is 0.355. The Morgan fingerprint density at radius 1 is 1.36 bits per heavy atom. The first-order chi connectivity index (χ1) is 6.74. The summed E-state index contributed by atoms with van der Waals surface area (Å²) in [6.07, 6.45) is -0.0482. The van der Waals surface area contributed by atoms with Crippen LogP contribution in [0.3, 0.4) is 0 Å². The summed E-state index contributed by atoms with van der Waals surface area (Å²) in [5, 5.41) is 9.24. The largest absolute Gasteiger partial charge is 0.494 e. The van der Waals surface area contributed by atoms with Crippen molar-refractivity contribution in [2.45, 2.75) is 19.4 Å². The molecular formula is C11H15FO2. The van der Waals surface area contributed by atoms with Crippen LogP contribution in [0.1, 0.15) is 25.0 Å². The second kappa shape index (κ2) is 5.60. The van der Waals surface area contributed by atoms with E-state index in [-0.39, 0.29) is 6.67 Å². The van der Waals surface area contributed by atoms with Crippen molar-refractivity contribution in [1.29, 1.82) is 0 Å². The van der Waals surface area contributed by atoms with Crippen LogP contribution in [-0.4, -0.2) is 18.4 Å². The zero-order valence-electron chi connectivity index (χ0n) is 8.24. The third-order valence-corrected chi connectivity index (χ3v) is 1.91. The van der Waals surface area contributed by atoms with Crippen LogP contribution >= 0.6 is 0 Å². The lowest BCUT2D eigenvalue weighted by molar-refractivity contribution is 0.199. The molecule has 0 spiro atoms. The fraction of sp³-hybridized carbons (Fsp3) is 0.455. The molecule has 0 bridgehead atoms. The predicted molar refractivity (Wildman–Crippen MR) is 53.2 cm³/mol. The van der Waals surface area contributed by atoms with Gasteiger partial charge in [0.25, 0.3) is 0 Å². The number of aliphatic hydroxyl groups is 1. The zero-order valence-corrected chi connectivity index (χ0v) is 8.24. The number of alkyl halides is 1. The fourth-order valence-electron chi connectivity index (χ4n) is 1.09. The molecule has 14 heavy (non-hydrogen) atoms. The molecule has 0 aliphatic rings. The molecule has 0 heterocycles. The second-order valence-electron chi connectivity index (χ2n) is 3.14. The maximum absolute atomic E-state index is 11.8. The van der Waals surface area contributed by atoms with E-state index in [9.17, 15) is 9.50 Å². The van der Waals surface area contributed by atoms with Gasteiger partial charge in [0.1, 0.15) is 5.75 Å². The average molecular weight is 198 g/mol. The average Bonchev–Trinajstić information content (AvgIpc) is 2.19. The summed E-state index contributed by atoms with van der Waals surface area (Å²) < 4.78 is 17.0. The molecule has 78 valence electrons. The van der Waals surface area contributed by atoms with Crippen LogP contribution in [0.15, 0.2) is 24.3 Å². The molecule has 1 aromatic carbocycles. The van der Waals surface area contributed by atoms with E-state index in [1.807, 2.05) is 0 Å². The minimum Gasteiger partial charge on any atom is -0.494 e. The Morgan fingerprint density at radius 2 is 2.00 bits per heavy atom. The highest BCUT2D eigenvalue weighted by molar-refractivity contribution is 5.28. The van der Waals surface area contributed by atoms with Crippen LogP contribution < -0.4 is 4.74 Å². The second-order valence-corrected chi connectivity index (χ2v) is 3.14. The first kappa shape index (κ1) is 11.0. The van der Waals surface area contributed by atoms with Gasteiger partial charge in [0.05, 0.1) is 19.4 Å². The van der Waals surface area contributed by atoms with Crippen LogP contribution in [0.4, 0.5) is 4.39 Å². The molecule has 0 aliphatic heterocycles. The number of benzene rings is 1. The van der Waals surface area contributed by atoms with Crippen molar-refractivity contribution in [3.8, 4) is 5.75 Å². The van der Waals surface area contributed by atoms with E-state index < -0.39 is 6.10 Å². The van der Waals surface area contributed by atoms with Gasteiger partial charge in [-0.25, -0.2) is 0 Å². The molecule has 0 radical (unpaired) electrons. The Morgan fingerprint density at radius 3 is 2.50 bits per heavy atom. The lowest BCUT2D eigenvalue weighted by atomic mass is 10.1. The highest BCUT2D eigenvalue weighted by Gasteiger charge is 2.00. The number of hydrogen-bond donors (Lipinski definition) is 1. The predicted octanol–water partition coefficient (Wildman–Crippen LogP) is 2.48. The molecule has 0 aliphatic carbocycles. The van der Waals surface area contributed by atoms with Crippen molar-refractivity contribution in [1.82, 2.24) is 0 Å². The van der Waals surface area contributed by atoms with E-state index in [1.165, 1.54) is 0 Å². The van der Waals surface area contributed by atoms with Crippen LogP contribution in [0.2, 0.25) is 0 Å². The number of aliphatic hydroxyl groups excluding tert-OH is 1. The van der Waals surface area contributed by atoms with Crippen molar-refractivity contribution < 1.29 is 14.2 Å². The highest BCUT2D eigenvalue weighted by Crippen LogP contribution is 2.17. The van der Waals surface area contributed by atoms with E-state index in [1.54, 1.807) is 31.2 Å². The molecule has 1 N–H and O–H groups in total. The van der Waals surface area contributed by atoms with Gasteiger partial charge in [0.2, 0.25) is 0 Å². The van der Waals surface area contributed by atoms with Crippen molar-refractivity contribution in [2.24, 2.45) is 0 Å². The van der Waals surface area contributed by atoms with E-state index in [4.69, 9.17) is 4.74 Å². The van der Waals surface area contributed by atoms with Gasteiger partial charge >= 0.3 is 0 Å². The molecule has 1 atom stereocenters. The van der Waals surface area contributed by atoms with Crippen molar-refractivity contribution in [3.05, 3.63) is 29.8 Å². The van der Waals surface area contributed by atoms with E-state index in [0.29, 0.717) is 18.8 Å². The molecule has 0 amide bonds. The Labute approximate surface area is 83.3 Å². The summed E-state index contributed by atoms with van der Waals surface area (Å²) in [5.74, 6) is 0.711. The Hall–Kier alpha value is -1.09. The first-order valence-corrected chi connectivity index (χ1v) is 4.71. The maximum Gasteiger partial charge on any atom is 0.119 e. The van der Waals surface area contributed by atoms with Crippen molar-refractivity contribution >= 4 is 0 Å². The van der Waals surface area contributed by atoms with Gasteiger partial charge < -0.3 is 9.84 Å². The SMILES string of the molecule is C[C@H](O)c1ccc(OCCCF)cc1. The van der Waals surface area contributed by atoms with E-state index >= 15 is 0 Å². The quantitative estimate of drug-likeness (QED) is 0.736. The Balaban J connectivity index is 2.47. The first-order valence-electron chi connectivity index (χ1n) is 4.71. The van der Waals surface area contributed by atoms with E-state index in [2.05, 4.69) is 0 Å². The molecule has 0 saturated heterocycles. The Bertz CT molecular complexity index is 256. The van der Waals surface area contributed by atoms with E-state index in [0.717, 1.165) is 5.56 Å². The summed E-state index contributed by atoms with van der Waals surface area (Å²) in [6, 6.07) is 7.16. The minimum atomic E-state index is -0.463. The standard InChI is InChI=1S/C11H15FO2/c1-9(13)10-3-5-11(6-4-10)14-8-2-7-12/h3-6,9,13H,2,7-8H2,1H3/t9-/m0/s1. The lowest BCUT2D eigenvalue weighted by Gasteiger charge is -2.07. The normalized spacial score (nSPS) is 12.5. The van der Waals surface area contributed by atoms with Crippen molar-refractivity contribution in [3.63, 3.8) is 0 Å². The topological polar surface area (TPSA) is 29.5 Å². The molecule has 2 nitrogen and oxygen atoms in total. The molecule has 3 heteroatoms. The lowest BCUT2D eigenvalue weighted by Crippen LogP contribution is -1.98. The van der Waals surface area contributed by atoms with Crippen LogP contribution in [0, 0.1) is 0 Å². The zero-order chi connectivity index (χ0) is 10.4. The fourth-order valence-corrected chi connectivity index (χ4v) is 1.09. The number of halogens is 1. The molecular weight excluding hydrogens is 183 g/mol. The molecule has 0 unspecified atom stereocenters. The number of hydrogen-bond acceptors (Lipinski definition) is 2. The third kappa shape index (κ3) is 3.34. The van der Waals surface area contributed by atoms with Crippen molar-refractivity contribution in [2.75, 3.05) is 13.3 Å². The van der Waals surface area contributed by atoms with Gasteiger partial charge in [0, 0.05) is 6.42 Å². The smallest absolute Gasteiger partial charge is 0.119 e. The molecule has 0 saturated carbocycles. The van der Waals surface area contributed by atoms with Gasteiger partial charge in [0.15, 0.2) is 0 Å². The summed E-state index contributed by atoms with van der Waals surface area (Å²) in [6.45, 7) is 1.75. The third-order valence-electron chi connectivity index (χ3n) is 1.91. The highest BCUT2D eigenvalue weighted by atomic mass is 19.1. The summed E-state index contributed by atoms with van der Waals surface area (Å²) in [5.41, 5.74) is 0.850. The number of ether oxygens (including phenoxy) is 1. The van der Waals surface area contributed by atoms with Gasteiger partial charge in [-0.2, -0.15) is 0 Å². The maximum atomic E-state index is 11.8. The molecule has 1 aromatic rings. The monoisotopic (exact) mass is 198 g/mol. The van der Waals surface area contributed by atoms with Crippen LogP contribution in [0.25, 0.3) is 0 Å². The van der Waals surface area contributed by atoms with Gasteiger partial charge in [-0.15, -0.1) is 0 Å². The van der Waals surface area contributed by atoms with Gasteiger partial charge in [-0.3, -0.25) is 4.39 Å². The summed E-state index contributed by atoms with van der Waals surface area (Å²) >= 11 is 0.